The molecule has 1 N–H and O–H groups in total. The van der Waals surface area contributed by atoms with Crippen molar-refractivity contribution in [3.63, 3.8) is 0 Å². The average Bonchev–Trinajstić information content (AvgIpc) is 2.96. The van der Waals surface area contributed by atoms with Crippen molar-refractivity contribution in [1.29, 1.82) is 0 Å². The fourth-order valence-corrected chi connectivity index (χ4v) is 3.19. The molecular formula is C13H20N4O2S2. The minimum Gasteiger partial charge on any atom is -0.464 e. The number of hydrogen-bond acceptors (Lipinski definition) is 8. The average molecular weight is 328 g/mol. The third kappa shape index (κ3) is 3.79. The van der Waals surface area contributed by atoms with Crippen LogP contribution in [-0.4, -0.2) is 45.6 Å². The summed E-state index contributed by atoms with van der Waals surface area (Å²) < 4.78 is 5.23. The van der Waals surface area contributed by atoms with Gasteiger partial charge < -0.3 is 10.1 Å². The maximum absolute atomic E-state index is 12.3. The van der Waals surface area contributed by atoms with Crippen molar-refractivity contribution in [3.05, 3.63) is 0 Å². The van der Waals surface area contributed by atoms with Crippen molar-refractivity contribution in [2.75, 3.05) is 24.4 Å². The quantitative estimate of drug-likeness (QED) is 0.631. The summed E-state index contributed by atoms with van der Waals surface area (Å²) in [5, 5.41) is 4.52. The van der Waals surface area contributed by atoms with Crippen molar-refractivity contribution < 1.29 is 9.53 Å². The Hall–Kier alpha value is -1.02. The van der Waals surface area contributed by atoms with E-state index < -0.39 is 5.54 Å². The summed E-state index contributed by atoms with van der Waals surface area (Å²) in [6.07, 6.45) is 7.34. The third-order valence-electron chi connectivity index (χ3n) is 3.43. The molecule has 6 nitrogen and oxygen atoms in total. The van der Waals surface area contributed by atoms with Gasteiger partial charge in [0, 0.05) is 0 Å². The second-order valence-corrected chi connectivity index (χ2v) is 6.31. The summed E-state index contributed by atoms with van der Waals surface area (Å²) >= 11 is 2.91. The molecule has 0 atom stereocenters. The van der Waals surface area contributed by atoms with Gasteiger partial charge in [-0.15, -0.1) is 0 Å². The number of nitrogens with zero attached hydrogens (tertiary/aromatic N) is 3. The van der Waals surface area contributed by atoms with Gasteiger partial charge in [0.05, 0.1) is 6.61 Å². The molecule has 0 aromatic carbocycles. The van der Waals surface area contributed by atoms with Crippen LogP contribution >= 0.6 is 23.5 Å². The normalized spacial score (nSPS) is 16.7. The van der Waals surface area contributed by atoms with Gasteiger partial charge in [-0.05, 0) is 32.3 Å². The minimum atomic E-state index is -0.692. The lowest BCUT2D eigenvalue weighted by molar-refractivity contribution is -0.148. The van der Waals surface area contributed by atoms with Gasteiger partial charge >= 0.3 is 5.97 Å². The maximum Gasteiger partial charge on any atom is 0.331 e. The van der Waals surface area contributed by atoms with Crippen LogP contribution in [0, 0.1) is 0 Å². The second kappa shape index (κ2) is 7.31. The Morgan fingerprint density at radius 2 is 1.76 bits per heavy atom. The Labute approximate surface area is 133 Å². The largest absolute Gasteiger partial charge is 0.464 e. The highest BCUT2D eigenvalue weighted by molar-refractivity contribution is 7.99. The number of rotatable bonds is 6. The first-order valence-corrected chi connectivity index (χ1v) is 9.38. The van der Waals surface area contributed by atoms with Crippen molar-refractivity contribution in [1.82, 2.24) is 15.0 Å². The van der Waals surface area contributed by atoms with E-state index >= 15 is 0 Å². The molecule has 0 radical (unpaired) electrons. The second-order valence-electron chi connectivity index (χ2n) is 4.77. The van der Waals surface area contributed by atoms with Gasteiger partial charge in [0.25, 0.3) is 0 Å². The Balaban J connectivity index is 2.26. The number of esters is 1. The molecule has 8 heteroatoms. The van der Waals surface area contributed by atoms with Crippen LogP contribution in [0.2, 0.25) is 0 Å². The lowest BCUT2D eigenvalue weighted by Gasteiger charge is -2.27. The fraction of sp³-hybridized carbons (Fsp3) is 0.692. The van der Waals surface area contributed by atoms with Gasteiger partial charge in [-0.3, -0.25) is 0 Å². The molecule has 1 aliphatic carbocycles. The summed E-state index contributed by atoms with van der Waals surface area (Å²) in [6, 6.07) is 0. The molecule has 2 rings (SSSR count). The van der Waals surface area contributed by atoms with E-state index in [2.05, 4.69) is 20.3 Å². The summed E-state index contributed by atoms with van der Waals surface area (Å²) in [7, 11) is 0. The number of carbonyl (C=O) groups excluding carboxylic acids is 1. The SMILES string of the molecule is CCOC(=O)C1(Nc2nc(SC)nc(SC)n2)CCCC1. The number of carbonyl (C=O) groups is 1. The standard InChI is InChI=1S/C13H20N4O2S2/c1-4-19-9(18)13(7-5-6-8-13)17-10-14-11(20-2)16-12(15-10)21-3/h4-8H2,1-3H3,(H,14,15,16,17). The van der Waals surface area contributed by atoms with Gasteiger partial charge in [-0.25, -0.2) is 4.79 Å². The Kier molecular flexibility index (Phi) is 5.69. The number of ether oxygens (including phenoxy) is 1. The molecule has 0 spiro atoms. The van der Waals surface area contributed by atoms with Crippen LogP contribution in [0.5, 0.6) is 0 Å². The molecule has 1 aromatic heterocycles. The first kappa shape index (κ1) is 16.4. The molecule has 0 unspecified atom stereocenters. The van der Waals surface area contributed by atoms with Gasteiger partial charge in [0.15, 0.2) is 10.3 Å². The van der Waals surface area contributed by atoms with E-state index in [1.807, 2.05) is 19.4 Å². The van der Waals surface area contributed by atoms with E-state index in [0.29, 0.717) is 22.9 Å². The summed E-state index contributed by atoms with van der Waals surface area (Å²) in [5.41, 5.74) is -0.692. The lowest BCUT2D eigenvalue weighted by Crippen LogP contribution is -2.45. The maximum atomic E-state index is 12.3. The Morgan fingerprint density at radius 1 is 1.19 bits per heavy atom. The zero-order chi connectivity index (χ0) is 15.3. The van der Waals surface area contributed by atoms with Crippen molar-refractivity contribution in [2.24, 2.45) is 0 Å². The molecule has 1 aromatic rings. The summed E-state index contributed by atoms with van der Waals surface area (Å²) in [5.74, 6) is 0.243. The smallest absolute Gasteiger partial charge is 0.331 e. The van der Waals surface area contributed by atoms with Crippen molar-refractivity contribution in [2.45, 2.75) is 48.5 Å². The summed E-state index contributed by atoms with van der Waals surface area (Å²) in [6.45, 7) is 2.20. The Bertz CT molecular complexity index is 485. The highest BCUT2D eigenvalue weighted by Gasteiger charge is 2.43. The number of nitrogens with one attached hydrogen (secondary N) is 1. The van der Waals surface area contributed by atoms with Gasteiger partial charge in [0.2, 0.25) is 5.95 Å². The highest BCUT2D eigenvalue weighted by Crippen LogP contribution is 2.34. The first-order chi connectivity index (χ1) is 10.1. The monoisotopic (exact) mass is 328 g/mol. The van der Waals surface area contributed by atoms with Crippen LogP contribution < -0.4 is 5.32 Å². The fourth-order valence-electron chi connectivity index (χ4n) is 2.42. The molecule has 1 aliphatic rings. The summed E-state index contributed by atoms with van der Waals surface area (Å²) in [4.78, 5) is 25.3. The van der Waals surface area contributed by atoms with Gasteiger partial charge in [0.1, 0.15) is 5.54 Å². The van der Waals surface area contributed by atoms with Crippen LogP contribution in [0.1, 0.15) is 32.6 Å². The zero-order valence-corrected chi connectivity index (χ0v) is 14.1. The van der Waals surface area contributed by atoms with Crippen LogP contribution in [0.15, 0.2) is 10.3 Å². The highest BCUT2D eigenvalue weighted by atomic mass is 32.2. The van der Waals surface area contributed by atoms with E-state index in [4.69, 9.17) is 4.74 Å². The van der Waals surface area contributed by atoms with E-state index in [0.717, 1.165) is 25.7 Å². The zero-order valence-electron chi connectivity index (χ0n) is 12.5. The number of thioether (sulfide) groups is 2. The number of anilines is 1. The molecule has 0 amide bonds. The third-order valence-corrected chi connectivity index (χ3v) is 4.53. The van der Waals surface area contributed by atoms with Crippen LogP contribution in [0.3, 0.4) is 0 Å². The van der Waals surface area contributed by atoms with Gasteiger partial charge in [-0.2, -0.15) is 15.0 Å². The van der Waals surface area contributed by atoms with Crippen LogP contribution in [-0.2, 0) is 9.53 Å². The van der Waals surface area contributed by atoms with E-state index in [1.54, 1.807) is 0 Å². The van der Waals surface area contributed by atoms with Crippen molar-refractivity contribution in [3.8, 4) is 0 Å². The molecule has 0 bridgehead atoms. The molecule has 1 fully saturated rings. The molecule has 1 heterocycles. The Morgan fingerprint density at radius 3 is 2.24 bits per heavy atom. The predicted octanol–water partition coefficient (Wildman–Crippen LogP) is 2.60. The first-order valence-electron chi connectivity index (χ1n) is 6.93. The molecule has 1 saturated carbocycles. The number of aromatic nitrogens is 3. The van der Waals surface area contributed by atoms with Gasteiger partial charge in [-0.1, -0.05) is 36.4 Å². The van der Waals surface area contributed by atoms with Crippen molar-refractivity contribution >= 4 is 35.4 Å². The van der Waals surface area contributed by atoms with E-state index in [1.165, 1.54) is 23.5 Å². The van der Waals surface area contributed by atoms with E-state index in [-0.39, 0.29) is 5.97 Å². The lowest BCUT2D eigenvalue weighted by atomic mass is 9.98. The molecule has 0 aliphatic heterocycles. The minimum absolute atomic E-state index is 0.209. The van der Waals surface area contributed by atoms with E-state index in [9.17, 15) is 4.79 Å². The molecule has 0 saturated heterocycles. The molecule has 116 valence electrons. The van der Waals surface area contributed by atoms with Crippen LogP contribution in [0.4, 0.5) is 5.95 Å². The number of hydrogen-bond donors (Lipinski definition) is 1. The predicted molar refractivity (Wildman–Crippen MR) is 84.8 cm³/mol. The molecule has 21 heavy (non-hydrogen) atoms. The molecular weight excluding hydrogens is 308 g/mol. The topological polar surface area (TPSA) is 77.0 Å². The van der Waals surface area contributed by atoms with Crippen LogP contribution in [0.25, 0.3) is 0 Å².